The van der Waals surface area contributed by atoms with Gasteiger partial charge in [0.1, 0.15) is 6.04 Å². The molecule has 2 aromatic carbocycles. The third-order valence-corrected chi connectivity index (χ3v) is 4.87. The lowest BCUT2D eigenvalue weighted by Gasteiger charge is -2.31. The Morgan fingerprint density at radius 2 is 1.78 bits per heavy atom. The van der Waals surface area contributed by atoms with Crippen LogP contribution in [0.2, 0.25) is 10.0 Å². The van der Waals surface area contributed by atoms with Gasteiger partial charge in [-0.1, -0.05) is 66.5 Å². The molecule has 0 radical (unpaired) electrons. The summed E-state index contributed by atoms with van der Waals surface area (Å²) < 4.78 is 0. The summed E-state index contributed by atoms with van der Waals surface area (Å²) in [6, 6.07) is 14.2. The number of carbonyl (C=O) groups is 2. The van der Waals surface area contributed by atoms with Crippen molar-refractivity contribution in [3.63, 3.8) is 0 Å². The number of rotatable bonds is 8. The second kappa shape index (κ2) is 10.3. The highest BCUT2D eigenvalue weighted by Crippen LogP contribution is 2.24. The molecule has 0 aromatic heterocycles. The van der Waals surface area contributed by atoms with Crippen molar-refractivity contribution in [2.75, 3.05) is 6.54 Å². The molecule has 0 spiro atoms. The Morgan fingerprint density at radius 3 is 2.37 bits per heavy atom. The first-order chi connectivity index (χ1) is 13.0. The molecule has 4 nitrogen and oxygen atoms in total. The third-order valence-electron chi connectivity index (χ3n) is 4.28. The summed E-state index contributed by atoms with van der Waals surface area (Å²) in [6.07, 6.45) is 0.736. The Hall–Kier alpha value is -2.04. The summed E-state index contributed by atoms with van der Waals surface area (Å²) >= 11 is 12.3. The Labute approximate surface area is 170 Å². The number of likely N-dealkylation sites (N-methyl/N-ethyl adjacent to an activating group) is 1. The van der Waals surface area contributed by atoms with Crippen molar-refractivity contribution in [1.29, 1.82) is 0 Å². The maximum absolute atomic E-state index is 12.8. The van der Waals surface area contributed by atoms with E-state index in [9.17, 15) is 9.59 Å². The van der Waals surface area contributed by atoms with Crippen LogP contribution in [0.3, 0.4) is 0 Å². The lowest BCUT2D eigenvalue weighted by atomic mass is 10.0. The number of amides is 2. The number of halogens is 2. The summed E-state index contributed by atoms with van der Waals surface area (Å²) in [7, 11) is 0. The number of nitrogens with zero attached hydrogens (tertiary/aromatic N) is 1. The van der Waals surface area contributed by atoms with E-state index in [0.29, 0.717) is 29.4 Å². The van der Waals surface area contributed by atoms with Crippen LogP contribution in [0.5, 0.6) is 0 Å². The van der Waals surface area contributed by atoms with Gasteiger partial charge in [-0.25, -0.2) is 0 Å². The molecule has 6 heteroatoms. The molecule has 0 fully saturated rings. The fraction of sp³-hybridized carbons (Fsp3) is 0.333. The fourth-order valence-electron chi connectivity index (χ4n) is 2.88. The largest absolute Gasteiger partial charge is 0.355 e. The van der Waals surface area contributed by atoms with Crippen molar-refractivity contribution in [2.45, 2.75) is 39.3 Å². The van der Waals surface area contributed by atoms with Crippen molar-refractivity contribution in [3.05, 3.63) is 69.7 Å². The third kappa shape index (κ3) is 5.98. The molecule has 144 valence electrons. The number of hydrogen-bond acceptors (Lipinski definition) is 2. The van der Waals surface area contributed by atoms with Gasteiger partial charge in [-0.3, -0.25) is 9.59 Å². The lowest BCUT2D eigenvalue weighted by molar-refractivity contribution is -0.141. The van der Waals surface area contributed by atoms with Gasteiger partial charge in [0.2, 0.25) is 11.8 Å². The molecule has 27 heavy (non-hydrogen) atoms. The van der Waals surface area contributed by atoms with Gasteiger partial charge in [0, 0.05) is 36.0 Å². The summed E-state index contributed by atoms with van der Waals surface area (Å²) in [5, 5.41) is 3.85. The summed E-state index contributed by atoms with van der Waals surface area (Å²) in [5.74, 6) is -0.276. The molecule has 0 unspecified atom stereocenters. The van der Waals surface area contributed by atoms with E-state index in [1.807, 2.05) is 37.3 Å². The highest BCUT2D eigenvalue weighted by Gasteiger charge is 2.29. The molecule has 0 aliphatic carbocycles. The van der Waals surface area contributed by atoms with E-state index in [1.165, 1.54) is 0 Å². The van der Waals surface area contributed by atoms with E-state index in [2.05, 4.69) is 5.32 Å². The van der Waals surface area contributed by atoms with E-state index >= 15 is 0 Å². The van der Waals surface area contributed by atoms with Crippen LogP contribution in [0.1, 0.15) is 31.4 Å². The first kappa shape index (κ1) is 21.3. The quantitative estimate of drug-likeness (QED) is 0.702. The zero-order valence-electron chi connectivity index (χ0n) is 15.5. The van der Waals surface area contributed by atoms with Gasteiger partial charge in [0.15, 0.2) is 0 Å². The average Bonchev–Trinajstić information content (AvgIpc) is 2.66. The van der Waals surface area contributed by atoms with Crippen molar-refractivity contribution in [2.24, 2.45) is 0 Å². The monoisotopic (exact) mass is 406 g/mol. The first-order valence-corrected chi connectivity index (χ1v) is 9.76. The summed E-state index contributed by atoms with van der Waals surface area (Å²) in [6.45, 7) is 4.40. The van der Waals surface area contributed by atoms with E-state index in [4.69, 9.17) is 23.2 Å². The van der Waals surface area contributed by atoms with Gasteiger partial charge in [0.25, 0.3) is 0 Å². The summed E-state index contributed by atoms with van der Waals surface area (Å²) in [4.78, 5) is 27.1. The second-order valence-electron chi connectivity index (χ2n) is 6.21. The van der Waals surface area contributed by atoms with Crippen LogP contribution >= 0.6 is 23.2 Å². The van der Waals surface area contributed by atoms with E-state index < -0.39 is 6.04 Å². The van der Waals surface area contributed by atoms with Crippen molar-refractivity contribution >= 4 is 35.0 Å². The highest BCUT2D eigenvalue weighted by atomic mass is 35.5. The topological polar surface area (TPSA) is 49.4 Å². The molecule has 0 saturated carbocycles. The van der Waals surface area contributed by atoms with Crippen LogP contribution in [-0.2, 0) is 22.6 Å². The maximum Gasteiger partial charge on any atom is 0.243 e. The van der Waals surface area contributed by atoms with Crippen molar-refractivity contribution in [3.8, 4) is 0 Å². The van der Waals surface area contributed by atoms with Crippen LogP contribution in [0.15, 0.2) is 48.5 Å². The van der Waals surface area contributed by atoms with Gasteiger partial charge in [0.05, 0.1) is 0 Å². The van der Waals surface area contributed by atoms with Crippen LogP contribution in [0.25, 0.3) is 0 Å². The fourth-order valence-corrected chi connectivity index (χ4v) is 3.35. The number of benzene rings is 2. The van der Waals surface area contributed by atoms with Crippen LogP contribution in [0, 0.1) is 0 Å². The smallest absolute Gasteiger partial charge is 0.243 e. The molecule has 1 atom stereocenters. The zero-order valence-corrected chi connectivity index (χ0v) is 17.1. The molecule has 0 heterocycles. The Morgan fingerprint density at radius 1 is 1.07 bits per heavy atom. The minimum Gasteiger partial charge on any atom is -0.355 e. The van der Waals surface area contributed by atoms with Gasteiger partial charge in [-0.05, 0) is 30.2 Å². The molecular formula is C21H24Cl2N2O2. The highest BCUT2D eigenvalue weighted by molar-refractivity contribution is 6.35. The molecule has 2 aromatic rings. The predicted octanol–water partition coefficient (Wildman–Crippen LogP) is 4.48. The van der Waals surface area contributed by atoms with Crippen LogP contribution in [-0.4, -0.2) is 29.3 Å². The lowest BCUT2D eigenvalue weighted by Crippen LogP contribution is -2.50. The van der Waals surface area contributed by atoms with Gasteiger partial charge in [-0.15, -0.1) is 0 Å². The Bertz CT molecular complexity index is 781. The van der Waals surface area contributed by atoms with Crippen molar-refractivity contribution < 1.29 is 9.59 Å². The Kier molecular flexibility index (Phi) is 8.14. The Balaban J connectivity index is 2.37. The van der Waals surface area contributed by atoms with Gasteiger partial charge < -0.3 is 10.2 Å². The molecule has 2 amide bonds. The average molecular weight is 407 g/mol. The molecule has 0 aliphatic heterocycles. The zero-order chi connectivity index (χ0) is 19.8. The predicted molar refractivity (Wildman–Crippen MR) is 110 cm³/mol. The van der Waals surface area contributed by atoms with Crippen LogP contribution < -0.4 is 5.32 Å². The second-order valence-corrected chi connectivity index (χ2v) is 7.05. The minimum absolute atomic E-state index is 0.104. The molecule has 1 N–H and O–H groups in total. The molecular weight excluding hydrogens is 383 g/mol. The van der Waals surface area contributed by atoms with Gasteiger partial charge in [-0.2, -0.15) is 0 Å². The first-order valence-electron chi connectivity index (χ1n) is 9.01. The minimum atomic E-state index is -0.619. The molecule has 0 saturated heterocycles. The van der Waals surface area contributed by atoms with Gasteiger partial charge >= 0.3 is 0 Å². The maximum atomic E-state index is 12.8. The number of hydrogen-bond donors (Lipinski definition) is 1. The standard InChI is InChI=1S/C21H24Cl2N2O2/c1-3-20(26)25(14-16-10-11-17(22)13-18(16)23)19(21(27)24-4-2)12-15-8-6-5-7-9-15/h5-11,13,19H,3-4,12,14H2,1-2H3,(H,24,27)/t19-/m1/s1. The van der Waals surface area contributed by atoms with E-state index in [1.54, 1.807) is 30.0 Å². The van der Waals surface area contributed by atoms with Crippen LogP contribution in [0.4, 0.5) is 0 Å². The number of carbonyl (C=O) groups excluding carboxylic acids is 2. The molecule has 0 bridgehead atoms. The van der Waals surface area contributed by atoms with Crippen molar-refractivity contribution in [1.82, 2.24) is 10.2 Å². The van der Waals surface area contributed by atoms with E-state index in [-0.39, 0.29) is 18.4 Å². The SMILES string of the molecule is CCNC(=O)[C@@H](Cc1ccccc1)N(Cc1ccc(Cl)cc1Cl)C(=O)CC. The normalized spacial score (nSPS) is 11.7. The molecule has 2 rings (SSSR count). The molecule has 0 aliphatic rings. The summed E-state index contributed by atoms with van der Waals surface area (Å²) in [5.41, 5.74) is 1.75. The number of nitrogens with one attached hydrogen (secondary N) is 1. The van der Waals surface area contributed by atoms with E-state index in [0.717, 1.165) is 11.1 Å².